The Labute approximate surface area is 181 Å². The zero-order valence-electron chi connectivity index (χ0n) is 17.8. The fourth-order valence-corrected chi connectivity index (χ4v) is 4.59. The van der Waals surface area contributed by atoms with Crippen LogP contribution < -0.4 is 10.5 Å². The highest BCUT2D eigenvalue weighted by Gasteiger charge is 2.32. The number of ether oxygens (including phenoxy) is 1. The number of anilines is 1. The van der Waals surface area contributed by atoms with Crippen molar-refractivity contribution in [2.75, 3.05) is 25.4 Å². The second-order valence-electron chi connectivity index (χ2n) is 8.53. The SMILES string of the molecule is C=CC(=O)N1CCC(c2c(-c3ccc(OCC4CC4)cc3)c3c(N)ncnc3n2C)C1. The van der Waals surface area contributed by atoms with Gasteiger partial charge in [-0.3, -0.25) is 4.79 Å². The van der Waals surface area contributed by atoms with Gasteiger partial charge in [0, 0.05) is 37.3 Å². The van der Waals surface area contributed by atoms with Crippen LogP contribution in [-0.4, -0.2) is 45.0 Å². The average Bonchev–Trinajstić information content (AvgIpc) is 3.41. The molecule has 1 saturated carbocycles. The second kappa shape index (κ2) is 7.72. The molecule has 7 nitrogen and oxygen atoms in total. The first-order valence-electron chi connectivity index (χ1n) is 10.8. The van der Waals surface area contributed by atoms with E-state index in [1.165, 1.54) is 25.2 Å². The van der Waals surface area contributed by atoms with E-state index in [0.717, 1.165) is 46.6 Å². The largest absolute Gasteiger partial charge is 0.493 e. The number of benzene rings is 1. The van der Waals surface area contributed by atoms with Crippen molar-refractivity contribution in [1.29, 1.82) is 0 Å². The van der Waals surface area contributed by atoms with Crippen LogP contribution in [0.2, 0.25) is 0 Å². The summed E-state index contributed by atoms with van der Waals surface area (Å²) in [6, 6.07) is 8.19. The van der Waals surface area contributed by atoms with Gasteiger partial charge in [0.15, 0.2) is 0 Å². The number of rotatable bonds is 6. The minimum Gasteiger partial charge on any atom is -0.493 e. The summed E-state index contributed by atoms with van der Waals surface area (Å²) in [5.41, 5.74) is 10.4. The molecule has 160 valence electrons. The Hall–Kier alpha value is -3.35. The smallest absolute Gasteiger partial charge is 0.245 e. The number of hydrogen-bond donors (Lipinski definition) is 1. The number of likely N-dealkylation sites (tertiary alicyclic amines) is 1. The van der Waals surface area contributed by atoms with E-state index in [2.05, 4.69) is 33.2 Å². The summed E-state index contributed by atoms with van der Waals surface area (Å²) in [6.45, 7) is 5.78. The molecule has 1 saturated heterocycles. The van der Waals surface area contributed by atoms with Crippen molar-refractivity contribution in [3.63, 3.8) is 0 Å². The van der Waals surface area contributed by atoms with Gasteiger partial charge in [-0.15, -0.1) is 0 Å². The van der Waals surface area contributed by atoms with Crippen LogP contribution in [0, 0.1) is 5.92 Å². The predicted octanol–water partition coefficient (Wildman–Crippen LogP) is 3.51. The van der Waals surface area contributed by atoms with Gasteiger partial charge in [-0.25, -0.2) is 9.97 Å². The van der Waals surface area contributed by atoms with Crippen LogP contribution in [0.4, 0.5) is 5.82 Å². The molecule has 0 spiro atoms. The van der Waals surface area contributed by atoms with Crippen LogP contribution in [0.1, 0.15) is 30.9 Å². The van der Waals surface area contributed by atoms with Crippen molar-refractivity contribution in [2.45, 2.75) is 25.2 Å². The quantitative estimate of drug-likeness (QED) is 0.620. The van der Waals surface area contributed by atoms with Gasteiger partial charge in [0.05, 0.1) is 12.0 Å². The molecular formula is C24H27N5O2. The number of nitrogens with zero attached hydrogens (tertiary/aromatic N) is 4. The summed E-state index contributed by atoms with van der Waals surface area (Å²) >= 11 is 0. The molecule has 1 unspecified atom stereocenters. The average molecular weight is 418 g/mol. The van der Waals surface area contributed by atoms with Crippen LogP contribution in [0.15, 0.2) is 43.2 Å². The van der Waals surface area contributed by atoms with Crippen molar-refractivity contribution in [3.05, 3.63) is 48.9 Å². The van der Waals surface area contributed by atoms with Gasteiger partial charge in [0.2, 0.25) is 5.91 Å². The highest BCUT2D eigenvalue weighted by atomic mass is 16.5. The molecule has 3 heterocycles. The molecule has 2 aromatic heterocycles. The molecule has 0 bridgehead atoms. The Morgan fingerprint density at radius 3 is 2.74 bits per heavy atom. The van der Waals surface area contributed by atoms with E-state index in [-0.39, 0.29) is 11.8 Å². The van der Waals surface area contributed by atoms with Crippen molar-refractivity contribution in [3.8, 4) is 16.9 Å². The number of nitrogens with two attached hydrogens (primary N) is 1. The number of hydrogen-bond acceptors (Lipinski definition) is 5. The van der Waals surface area contributed by atoms with Gasteiger partial charge >= 0.3 is 0 Å². The van der Waals surface area contributed by atoms with Crippen molar-refractivity contribution in [2.24, 2.45) is 13.0 Å². The number of carbonyl (C=O) groups excluding carboxylic acids is 1. The minimum absolute atomic E-state index is 0.0284. The molecule has 31 heavy (non-hydrogen) atoms. The number of aromatic nitrogens is 3. The van der Waals surface area contributed by atoms with Gasteiger partial charge in [-0.2, -0.15) is 0 Å². The third-order valence-corrected chi connectivity index (χ3v) is 6.43. The topological polar surface area (TPSA) is 86.3 Å². The monoisotopic (exact) mass is 417 g/mol. The molecule has 1 atom stereocenters. The van der Waals surface area contributed by atoms with Crippen molar-refractivity contribution < 1.29 is 9.53 Å². The highest BCUT2D eigenvalue weighted by molar-refractivity contribution is 6.02. The number of aryl methyl sites for hydroxylation is 1. The van der Waals surface area contributed by atoms with Crippen LogP contribution >= 0.6 is 0 Å². The fourth-order valence-electron chi connectivity index (χ4n) is 4.59. The first kappa shape index (κ1) is 19.6. The second-order valence-corrected chi connectivity index (χ2v) is 8.53. The Morgan fingerprint density at radius 2 is 2.03 bits per heavy atom. The Morgan fingerprint density at radius 1 is 1.26 bits per heavy atom. The van der Waals surface area contributed by atoms with E-state index in [9.17, 15) is 4.79 Å². The molecule has 2 fully saturated rings. The summed E-state index contributed by atoms with van der Waals surface area (Å²) in [5, 5.41) is 0.861. The molecule has 1 aliphatic carbocycles. The predicted molar refractivity (Wildman–Crippen MR) is 121 cm³/mol. The summed E-state index contributed by atoms with van der Waals surface area (Å²) in [4.78, 5) is 22.8. The summed E-state index contributed by atoms with van der Waals surface area (Å²) in [6.07, 6.45) is 6.30. The van der Waals surface area contributed by atoms with E-state index in [4.69, 9.17) is 10.5 Å². The first-order chi connectivity index (χ1) is 15.1. The third kappa shape index (κ3) is 3.54. The molecule has 1 amide bonds. The van der Waals surface area contributed by atoms with E-state index in [1.54, 1.807) is 0 Å². The van der Waals surface area contributed by atoms with Gasteiger partial charge in [-0.1, -0.05) is 18.7 Å². The zero-order valence-corrected chi connectivity index (χ0v) is 17.8. The van der Waals surface area contributed by atoms with E-state index < -0.39 is 0 Å². The van der Waals surface area contributed by atoms with E-state index in [1.807, 2.05) is 24.1 Å². The van der Waals surface area contributed by atoms with Gasteiger partial charge in [0.25, 0.3) is 0 Å². The number of carbonyl (C=O) groups is 1. The summed E-state index contributed by atoms with van der Waals surface area (Å²) in [7, 11) is 2.01. The van der Waals surface area contributed by atoms with Crippen LogP contribution in [0.5, 0.6) is 5.75 Å². The lowest BCUT2D eigenvalue weighted by atomic mass is 9.94. The maximum absolute atomic E-state index is 12.2. The highest BCUT2D eigenvalue weighted by Crippen LogP contribution is 2.42. The van der Waals surface area contributed by atoms with Gasteiger partial charge in [-0.05, 0) is 49.0 Å². The summed E-state index contributed by atoms with van der Waals surface area (Å²) in [5.74, 6) is 2.21. The Kier molecular flexibility index (Phi) is 4.88. The number of fused-ring (bicyclic) bond motifs is 1. The van der Waals surface area contributed by atoms with Crippen LogP contribution in [-0.2, 0) is 11.8 Å². The van der Waals surface area contributed by atoms with Crippen LogP contribution in [0.3, 0.4) is 0 Å². The minimum atomic E-state index is -0.0284. The molecule has 2 aliphatic rings. The first-order valence-corrected chi connectivity index (χ1v) is 10.8. The van der Waals surface area contributed by atoms with E-state index in [0.29, 0.717) is 24.8 Å². The molecule has 1 aliphatic heterocycles. The van der Waals surface area contributed by atoms with Gasteiger partial charge < -0.3 is 19.9 Å². The lowest BCUT2D eigenvalue weighted by Gasteiger charge is -2.17. The molecule has 2 N–H and O–H groups in total. The zero-order chi connectivity index (χ0) is 21.5. The van der Waals surface area contributed by atoms with E-state index >= 15 is 0 Å². The number of nitrogen functional groups attached to an aromatic ring is 1. The summed E-state index contributed by atoms with van der Waals surface area (Å²) < 4.78 is 8.02. The number of amides is 1. The lowest BCUT2D eigenvalue weighted by Crippen LogP contribution is -2.26. The maximum Gasteiger partial charge on any atom is 0.245 e. The van der Waals surface area contributed by atoms with Crippen LogP contribution in [0.25, 0.3) is 22.2 Å². The Bertz CT molecular complexity index is 1150. The maximum atomic E-state index is 12.2. The molecule has 0 radical (unpaired) electrons. The third-order valence-electron chi connectivity index (χ3n) is 6.43. The molecule has 1 aromatic carbocycles. The normalized spacial score (nSPS) is 18.5. The molecule has 3 aromatic rings. The van der Waals surface area contributed by atoms with Crippen molar-refractivity contribution in [1.82, 2.24) is 19.4 Å². The molecule has 7 heteroatoms. The van der Waals surface area contributed by atoms with Crippen molar-refractivity contribution >= 4 is 22.8 Å². The Balaban J connectivity index is 1.57. The lowest BCUT2D eigenvalue weighted by molar-refractivity contribution is -0.125. The van der Waals surface area contributed by atoms with Gasteiger partial charge in [0.1, 0.15) is 23.5 Å². The fraction of sp³-hybridized carbons (Fsp3) is 0.375. The molecule has 5 rings (SSSR count). The molecular weight excluding hydrogens is 390 g/mol. The standard InChI is InChI=1S/C24H27N5O2/c1-3-19(30)29-11-10-17(12-29)22-20(21-23(25)26-14-27-24(21)28(22)2)16-6-8-18(9-7-16)31-13-15-4-5-15/h3,6-9,14-15,17H,1,4-5,10-13H2,2H3,(H2,25,26,27).